The zero-order valence-corrected chi connectivity index (χ0v) is 10.1. The summed E-state index contributed by atoms with van der Waals surface area (Å²) < 4.78 is 11.1. The molecule has 0 spiro atoms. The Hall–Kier alpha value is -1.69. The van der Waals surface area contributed by atoms with Gasteiger partial charge in [0.05, 0.1) is 11.5 Å². The van der Waals surface area contributed by atoms with Crippen LogP contribution in [0.4, 0.5) is 0 Å². The molecule has 3 heteroatoms. The Labute approximate surface area is 101 Å². The summed E-state index contributed by atoms with van der Waals surface area (Å²) in [6, 6.07) is 8.34. The maximum absolute atomic E-state index is 9.43. The zero-order valence-electron chi connectivity index (χ0n) is 10.1. The molecule has 1 aromatic rings. The maximum atomic E-state index is 9.43. The van der Waals surface area contributed by atoms with E-state index in [2.05, 4.69) is 19.9 Å². The molecule has 1 saturated carbocycles. The number of fused-ring (bicyclic) bond motifs is 1. The van der Waals surface area contributed by atoms with Crippen LogP contribution in [0.25, 0.3) is 0 Å². The van der Waals surface area contributed by atoms with E-state index < -0.39 is 0 Å². The highest BCUT2D eigenvalue weighted by Gasteiger charge is 2.63. The van der Waals surface area contributed by atoms with Gasteiger partial charge in [-0.1, -0.05) is 19.9 Å². The van der Waals surface area contributed by atoms with Gasteiger partial charge in [-0.3, -0.25) is 0 Å². The van der Waals surface area contributed by atoms with E-state index >= 15 is 0 Å². The molecule has 88 valence electrons. The minimum absolute atomic E-state index is 0.0610. The molecule has 1 atom stereocenters. The van der Waals surface area contributed by atoms with Crippen molar-refractivity contribution in [1.82, 2.24) is 0 Å². The minimum Gasteiger partial charge on any atom is -0.486 e. The van der Waals surface area contributed by atoms with Gasteiger partial charge in [-0.15, -0.1) is 0 Å². The van der Waals surface area contributed by atoms with Crippen molar-refractivity contribution in [1.29, 1.82) is 5.26 Å². The van der Waals surface area contributed by atoms with Gasteiger partial charge >= 0.3 is 0 Å². The second-order valence-corrected chi connectivity index (χ2v) is 5.44. The molecular weight excluding hydrogens is 214 g/mol. The Morgan fingerprint density at radius 1 is 1.18 bits per heavy atom. The number of nitrogens with zero attached hydrogens (tertiary/aromatic N) is 1. The van der Waals surface area contributed by atoms with Crippen molar-refractivity contribution in [3.05, 3.63) is 23.8 Å². The van der Waals surface area contributed by atoms with Crippen molar-refractivity contribution < 1.29 is 9.47 Å². The van der Waals surface area contributed by atoms with E-state index in [-0.39, 0.29) is 10.8 Å². The van der Waals surface area contributed by atoms with E-state index in [9.17, 15) is 5.26 Å². The van der Waals surface area contributed by atoms with Gasteiger partial charge in [0.15, 0.2) is 11.5 Å². The summed E-state index contributed by atoms with van der Waals surface area (Å²) >= 11 is 0. The fourth-order valence-corrected chi connectivity index (χ4v) is 2.68. The Kier molecular flexibility index (Phi) is 1.95. The fourth-order valence-electron chi connectivity index (χ4n) is 2.68. The van der Waals surface area contributed by atoms with Gasteiger partial charge in [0.2, 0.25) is 0 Å². The van der Waals surface area contributed by atoms with Crippen molar-refractivity contribution >= 4 is 0 Å². The van der Waals surface area contributed by atoms with E-state index in [1.54, 1.807) is 0 Å². The Bertz CT molecular complexity index is 515. The number of ether oxygens (including phenoxy) is 2. The number of nitriles is 1. The normalized spacial score (nSPS) is 28.3. The molecule has 3 rings (SSSR count). The Morgan fingerprint density at radius 2 is 1.82 bits per heavy atom. The maximum Gasteiger partial charge on any atom is 0.161 e. The highest BCUT2D eigenvalue weighted by Crippen LogP contribution is 2.64. The van der Waals surface area contributed by atoms with Crippen LogP contribution in [0.15, 0.2) is 18.2 Å². The molecule has 3 nitrogen and oxygen atoms in total. The molecule has 1 heterocycles. The van der Waals surface area contributed by atoms with Crippen LogP contribution in [0, 0.1) is 16.7 Å². The molecule has 1 fully saturated rings. The second kappa shape index (κ2) is 3.16. The number of hydrogen-bond donors (Lipinski definition) is 0. The first kappa shape index (κ1) is 10.5. The predicted molar refractivity (Wildman–Crippen MR) is 63.1 cm³/mol. The van der Waals surface area contributed by atoms with Gasteiger partial charge in [-0.05, 0) is 29.5 Å². The average molecular weight is 229 g/mol. The van der Waals surface area contributed by atoms with E-state index in [4.69, 9.17) is 9.47 Å². The summed E-state index contributed by atoms with van der Waals surface area (Å²) in [6.07, 6.45) is 0.913. The minimum atomic E-state index is -0.344. The second-order valence-electron chi connectivity index (χ2n) is 5.44. The molecule has 0 N–H and O–H groups in total. The summed E-state index contributed by atoms with van der Waals surface area (Å²) in [7, 11) is 0. The highest BCUT2D eigenvalue weighted by molar-refractivity contribution is 5.52. The number of benzene rings is 1. The van der Waals surface area contributed by atoms with Crippen LogP contribution in [-0.2, 0) is 5.41 Å². The van der Waals surface area contributed by atoms with E-state index in [0.717, 1.165) is 23.5 Å². The first-order valence-corrected chi connectivity index (χ1v) is 5.90. The van der Waals surface area contributed by atoms with Crippen LogP contribution in [0.3, 0.4) is 0 Å². The van der Waals surface area contributed by atoms with E-state index in [0.29, 0.717) is 13.2 Å². The van der Waals surface area contributed by atoms with Gasteiger partial charge in [-0.2, -0.15) is 5.26 Å². The lowest BCUT2D eigenvalue weighted by atomic mass is 9.89. The molecule has 17 heavy (non-hydrogen) atoms. The lowest BCUT2D eigenvalue weighted by molar-refractivity contribution is 0.171. The van der Waals surface area contributed by atoms with E-state index in [1.807, 2.05) is 18.2 Å². The van der Waals surface area contributed by atoms with Crippen LogP contribution in [0.1, 0.15) is 25.8 Å². The van der Waals surface area contributed by atoms with Crippen LogP contribution < -0.4 is 9.47 Å². The summed E-state index contributed by atoms with van der Waals surface area (Å²) in [4.78, 5) is 0. The topological polar surface area (TPSA) is 42.2 Å². The largest absolute Gasteiger partial charge is 0.486 e. The molecule has 0 aromatic heterocycles. The standard InChI is InChI=1S/C14H15NO2/c1-13(2)8-14(13,9-15)10-3-4-11-12(7-10)17-6-5-16-11/h3-4,7H,5-6,8H2,1-2H3. The van der Waals surface area contributed by atoms with Crippen molar-refractivity contribution in [3.8, 4) is 17.6 Å². The summed E-state index contributed by atoms with van der Waals surface area (Å²) in [5.74, 6) is 1.55. The molecule has 2 aliphatic rings. The third-order valence-electron chi connectivity index (χ3n) is 3.96. The van der Waals surface area contributed by atoms with Crippen molar-refractivity contribution in [2.45, 2.75) is 25.7 Å². The molecule has 1 aliphatic carbocycles. The van der Waals surface area contributed by atoms with Crippen LogP contribution >= 0.6 is 0 Å². The quantitative estimate of drug-likeness (QED) is 0.743. The number of hydrogen-bond acceptors (Lipinski definition) is 3. The molecule has 0 amide bonds. The molecule has 0 radical (unpaired) electrons. The highest BCUT2D eigenvalue weighted by atomic mass is 16.6. The van der Waals surface area contributed by atoms with Crippen LogP contribution in [-0.4, -0.2) is 13.2 Å². The molecule has 1 aliphatic heterocycles. The SMILES string of the molecule is CC1(C)CC1(C#N)c1ccc2c(c1)OCCO2. The monoisotopic (exact) mass is 229 g/mol. The summed E-state index contributed by atoms with van der Waals surface area (Å²) in [5, 5.41) is 9.43. The fraction of sp³-hybridized carbons (Fsp3) is 0.500. The Morgan fingerprint density at radius 3 is 2.41 bits per heavy atom. The third-order valence-corrected chi connectivity index (χ3v) is 3.96. The lowest BCUT2D eigenvalue weighted by Crippen LogP contribution is -2.17. The van der Waals surface area contributed by atoms with Gasteiger partial charge in [-0.25, -0.2) is 0 Å². The first-order valence-electron chi connectivity index (χ1n) is 5.90. The van der Waals surface area contributed by atoms with Gasteiger partial charge in [0.1, 0.15) is 13.2 Å². The van der Waals surface area contributed by atoms with E-state index in [1.165, 1.54) is 0 Å². The molecule has 0 saturated heterocycles. The third kappa shape index (κ3) is 1.33. The zero-order chi connectivity index (χ0) is 12.1. The van der Waals surface area contributed by atoms with Crippen molar-refractivity contribution in [2.24, 2.45) is 5.41 Å². The predicted octanol–water partition coefficient (Wildman–Crippen LogP) is 2.65. The molecular formula is C14H15NO2. The molecule has 0 bridgehead atoms. The van der Waals surface area contributed by atoms with Crippen molar-refractivity contribution in [2.75, 3.05) is 13.2 Å². The smallest absolute Gasteiger partial charge is 0.161 e. The number of rotatable bonds is 1. The summed E-state index contributed by atoms with van der Waals surface area (Å²) in [5.41, 5.74) is 0.767. The van der Waals surface area contributed by atoms with Crippen molar-refractivity contribution in [3.63, 3.8) is 0 Å². The van der Waals surface area contributed by atoms with Gasteiger partial charge < -0.3 is 9.47 Å². The van der Waals surface area contributed by atoms with Crippen LogP contribution in [0.5, 0.6) is 11.5 Å². The van der Waals surface area contributed by atoms with Gasteiger partial charge in [0.25, 0.3) is 0 Å². The van der Waals surface area contributed by atoms with Crippen LogP contribution in [0.2, 0.25) is 0 Å². The molecule has 1 unspecified atom stereocenters. The molecule has 1 aromatic carbocycles. The first-order chi connectivity index (χ1) is 8.09. The summed E-state index contributed by atoms with van der Waals surface area (Å²) in [6.45, 7) is 5.45. The lowest BCUT2D eigenvalue weighted by Gasteiger charge is -2.20. The average Bonchev–Trinajstić information content (AvgIpc) is 2.92. The Balaban J connectivity index is 2.03. The van der Waals surface area contributed by atoms with Gasteiger partial charge in [0, 0.05) is 0 Å².